The second kappa shape index (κ2) is 5.63. The molecule has 0 aliphatic heterocycles. The summed E-state index contributed by atoms with van der Waals surface area (Å²) in [6, 6.07) is 8.87. The predicted octanol–water partition coefficient (Wildman–Crippen LogP) is 4.60. The summed E-state index contributed by atoms with van der Waals surface area (Å²) in [6.07, 6.45) is -0.787. The zero-order chi connectivity index (χ0) is 14.9. The molecule has 0 saturated carbocycles. The number of ether oxygens (including phenoxy) is 1. The van der Waals surface area contributed by atoms with E-state index in [4.69, 9.17) is 4.74 Å². The zero-order valence-corrected chi connectivity index (χ0v) is 12.2. The molecule has 1 N–H and O–H groups in total. The third-order valence-electron chi connectivity index (χ3n) is 3.30. The van der Waals surface area contributed by atoms with Crippen LogP contribution in [-0.4, -0.2) is 5.11 Å². The highest BCUT2D eigenvalue weighted by molar-refractivity contribution is 5.45. The van der Waals surface area contributed by atoms with Gasteiger partial charge < -0.3 is 9.84 Å². The molecular formula is C17H19FO2. The summed E-state index contributed by atoms with van der Waals surface area (Å²) in [4.78, 5) is 0. The van der Waals surface area contributed by atoms with Crippen LogP contribution in [0.3, 0.4) is 0 Å². The lowest BCUT2D eigenvalue weighted by Gasteiger charge is -2.16. The minimum atomic E-state index is -0.787. The Hall–Kier alpha value is -1.87. The second-order valence-electron chi connectivity index (χ2n) is 5.19. The van der Waals surface area contributed by atoms with Crippen LogP contribution in [-0.2, 0) is 0 Å². The molecule has 0 unspecified atom stereocenters. The smallest absolute Gasteiger partial charge is 0.133 e. The number of rotatable bonds is 3. The van der Waals surface area contributed by atoms with Crippen LogP contribution in [0.2, 0.25) is 0 Å². The molecule has 2 nitrogen and oxygen atoms in total. The third-order valence-corrected chi connectivity index (χ3v) is 3.30. The van der Waals surface area contributed by atoms with Crippen molar-refractivity contribution in [2.45, 2.75) is 33.8 Å². The molecule has 2 aromatic rings. The molecule has 0 amide bonds. The van der Waals surface area contributed by atoms with Gasteiger partial charge in [0.2, 0.25) is 0 Å². The first-order valence-electron chi connectivity index (χ1n) is 6.61. The average molecular weight is 274 g/mol. The molecule has 0 fully saturated rings. The van der Waals surface area contributed by atoms with Gasteiger partial charge in [-0.25, -0.2) is 4.39 Å². The number of benzene rings is 2. The molecule has 0 heterocycles. The number of aryl methyl sites for hydroxylation is 3. The minimum absolute atomic E-state index is 0.339. The van der Waals surface area contributed by atoms with Gasteiger partial charge in [0.25, 0.3) is 0 Å². The average Bonchev–Trinajstić information content (AvgIpc) is 2.37. The summed E-state index contributed by atoms with van der Waals surface area (Å²) < 4.78 is 19.5. The van der Waals surface area contributed by atoms with Crippen LogP contribution in [0, 0.1) is 26.6 Å². The monoisotopic (exact) mass is 274 g/mol. The fourth-order valence-corrected chi connectivity index (χ4v) is 2.02. The molecule has 106 valence electrons. The van der Waals surface area contributed by atoms with Gasteiger partial charge in [-0.2, -0.15) is 0 Å². The Morgan fingerprint density at radius 1 is 1.00 bits per heavy atom. The minimum Gasteiger partial charge on any atom is -0.457 e. The molecule has 0 aliphatic rings. The summed E-state index contributed by atoms with van der Waals surface area (Å²) in [5.41, 5.74) is 3.03. The lowest BCUT2D eigenvalue weighted by atomic mass is 10.1. The fourth-order valence-electron chi connectivity index (χ4n) is 2.02. The first-order valence-corrected chi connectivity index (χ1v) is 6.61. The van der Waals surface area contributed by atoms with Crippen molar-refractivity contribution in [1.29, 1.82) is 0 Å². The largest absolute Gasteiger partial charge is 0.457 e. The van der Waals surface area contributed by atoms with E-state index in [0.717, 1.165) is 16.9 Å². The van der Waals surface area contributed by atoms with Crippen LogP contribution < -0.4 is 4.74 Å². The van der Waals surface area contributed by atoms with Gasteiger partial charge >= 0.3 is 0 Å². The molecule has 0 radical (unpaired) electrons. The van der Waals surface area contributed by atoms with Gasteiger partial charge in [0, 0.05) is 5.56 Å². The number of hydrogen-bond acceptors (Lipinski definition) is 2. The highest BCUT2D eigenvalue weighted by Gasteiger charge is 2.14. The highest BCUT2D eigenvalue weighted by atomic mass is 19.1. The van der Waals surface area contributed by atoms with Crippen LogP contribution in [0.15, 0.2) is 30.3 Å². The molecule has 3 heteroatoms. The number of aliphatic hydroxyl groups is 1. The van der Waals surface area contributed by atoms with E-state index in [9.17, 15) is 9.50 Å². The molecule has 0 bridgehead atoms. The van der Waals surface area contributed by atoms with Gasteiger partial charge in [0.15, 0.2) is 0 Å². The van der Waals surface area contributed by atoms with E-state index in [1.807, 2.05) is 32.0 Å². The van der Waals surface area contributed by atoms with Crippen molar-refractivity contribution >= 4 is 0 Å². The second-order valence-corrected chi connectivity index (χ2v) is 5.19. The van der Waals surface area contributed by atoms with Gasteiger partial charge in [-0.05, 0) is 62.6 Å². The first-order chi connectivity index (χ1) is 9.38. The van der Waals surface area contributed by atoms with E-state index in [-0.39, 0.29) is 5.82 Å². The Bertz CT molecular complexity index is 633. The van der Waals surface area contributed by atoms with E-state index in [1.165, 1.54) is 6.07 Å². The van der Waals surface area contributed by atoms with Crippen molar-refractivity contribution in [3.8, 4) is 11.5 Å². The lowest BCUT2D eigenvalue weighted by molar-refractivity contribution is 0.195. The van der Waals surface area contributed by atoms with E-state index < -0.39 is 6.10 Å². The standard InChI is InChI=1S/C17H19FO2/c1-10-5-6-11(2)16(7-10)20-17-8-12(3)15(18)9-14(17)13(4)19/h5-9,13,19H,1-4H3/t13-/m0/s1. The summed E-state index contributed by atoms with van der Waals surface area (Å²) >= 11 is 0. The molecule has 2 rings (SSSR count). The van der Waals surface area contributed by atoms with Crippen molar-refractivity contribution in [3.63, 3.8) is 0 Å². The molecule has 0 spiro atoms. The Balaban J connectivity index is 2.47. The predicted molar refractivity (Wildman–Crippen MR) is 77.8 cm³/mol. The molecule has 20 heavy (non-hydrogen) atoms. The Labute approximate surface area is 118 Å². The summed E-state index contributed by atoms with van der Waals surface area (Å²) in [6.45, 7) is 7.21. The van der Waals surface area contributed by atoms with Crippen LogP contribution in [0.25, 0.3) is 0 Å². The van der Waals surface area contributed by atoms with Crippen molar-refractivity contribution in [3.05, 3.63) is 58.4 Å². The normalized spacial score (nSPS) is 12.3. The van der Waals surface area contributed by atoms with Crippen LogP contribution in [0.5, 0.6) is 11.5 Å². The SMILES string of the molecule is Cc1ccc(C)c(Oc2cc(C)c(F)cc2[C@H](C)O)c1. The van der Waals surface area contributed by atoms with Crippen LogP contribution >= 0.6 is 0 Å². The van der Waals surface area contributed by atoms with Crippen molar-refractivity contribution in [1.82, 2.24) is 0 Å². The number of hydrogen-bond donors (Lipinski definition) is 1. The highest BCUT2D eigenvalue weighted by Crippen LogP contribution is 2.33. The topological polar surface area (TPSA) is 29.5 Å². The Morgan fingerprint density at radius 3 is 2.35 bits per heavy atom. The van der Waals surface area contributed by atoms with E-state index >= 15 is 0 Å². The number of halogens is 1. The quantitative estimate of drug-likeness (QED) is 0.886. The molecule has 1 atom stereocenters. The molecular weight excluding hydrogens is 255 g/mol. The summed E-state index contributed by atoms with van der Waals surface area (Å²) in [7, 11) is 0. The lowest BCUT2D eigenvalue weighted by Crippen LogP contribution is -2.00. The van der Waals surface area contributed by atoms with Crippen LogP contribution in [0.4, 0.5) is 4.39 Å². The Morgan fingerprint density at radius 2 is 1.70 bits per heavy atom. The maximum absolute atomic E-state index is 13.6. The molecule has 0 aliphatic carbocycles. The van der Waals surface area contributed by atoms with Crippen molar-refractivity contribution < 1.29 is 14.2 Å². The van der Waals surface area contributed by atoms with Gasteiger partial charge in [-0.1, -0.05) is 12.1 Å². The fraction of sp³-hybridized carbons (Fsp3) is 0.294. The summed E-state index contributed by atoms with van der Waals surface area (Å²) in [5, 5.41) is 9.78. The molecule has 0 aromatic heterocycles. The molecule has 0 saturated heterocycles. The number of aliphatic hydroxyl groups excluding tert-OH is 1. The maximum atomic E-state index is 13.6. The van der Waals surface area contributed by atoms with Gasteiger partial charge in [-0.3, -0.25) is 0 Å². The van der Waals surface area contributed by atoms with E-state index in [1.54, 1.807) is 19.9 Å². The van der Waals surface area contributed by atoms with Gasteiger partial charge in [0.05, 0.1) is 6.10 Å². The van der Waals surface area contributed by atoms with Gasteiger partial charge in [0.1, 0.15) is 17.3 Å². The maximum Gasteiger partial charge on any atom is 0.133 e. The van der Waals surface area contributed by atoms with Gasteiger partial charge in [-0.15, -0.1) is 0 Å². The zero-order valence-electron chi connectivity index (χ0n) is 12.2. The van der Waals surface area contributed by atoms with Crippen molar-refractivity contribution in [2.24, 2.45) is 0 Å². The third kappa shape index (κ3) is 2.99. The van der Waals surface area contributed by atoms with Crippen molar-refractivity contribution in [2.75, 3.05) is 0 Å². The van der Waals surface area contributed by atoms with Crippen LogP contribution in [0.1, 0.15) is 35.3 Å². The Kier molecular flexibility index (Phi) is 4.09. The van der Waals surface area contributed by atoms with E-state index in [0.29, 0.717) is 16.9 Å². The first kappa shape index (κ1) is 14.5. The summed E-state index contributed by atoms with van der Waals surface area (Å²) in [5.74, 6) is 0.875. The van der Waals surface area contributed by atoms with E-state index in [2.05, 4.69) is 0 Å². The molecule has 2 aromatic carbocycles.